The Morgan fingerprint density at radius 3 is 2.78 bits per heavy atom. The number of phenolic OH excluding ortho intramolecular Hbond substituents is 2. The van der Waals surface area contributed by atoms with Crippen LogP contribution in [0.5, 0.6) is 11.5 Å². The van der Waals surface area contributed by atoms with Crippen LogP contribution in [0.1, 0.15) is 31.2 Å². The first-order chi connectivity index (χ1) is 8.66. The fourth-order valence-electron chi connectivity index (χ4n) is 2.17. The zero-order valence-corrected chi connectivity index (χ0v) is 10.3. The minimum absolute atomic E-state index is 0.123. The third-order valence-corrected chi connectivity index (χ3v) is 3.25. The Morgan fingerprint density at radius 2 is 2.06 bits per heavy atom. The minimum atomic E-state index is -0.246. The standard InChI is InChI=1S/C14H18O4/c15-11-6-5-10(9-13(11)17)7-8-18-14-4-2-1-3-12(14)16/h5-6,9,14-15,17H,1-4,7-8H2. The zero-order valence-electron chi connectivity index (χ0n) is 10.3. The second-order valence-corrected chi connectivity index (χ2v) is 4.64. The number of carbonyl (C=O) groups excluding carboxylic acids is 1. The van der Waals surface area contributed by atoms with E-state index >= 15 is 0 Å². The first-order valence-electron chi connectivity index (χ1n) is 6.32. The Labute approximate surface area is 106 Å². The molecular weight excluding hydrogens is 232 g/mol. The maximum atomic E-state index is 11.5. The van der Waals surface area contributed by atoms with E-state index in [0.717, 1.165) is 24.8 Å². The summed E-state index contributed by atoms with van der Waals surface area (Å²) in [5.74, 6) is -0.0434. The van der Waals surface area contributed by atoms with Crippen molar-refractivity contribution in [2.75, 3.05) is 6.61 Å². The molecule has 0 amide bonds. The van der Waals surface area contributed by atoms with Crippen molar-refractivity contribution in [2.24, 2.45) is 0 Å². The van der Waals surface area contributed by atoms with Gasteiger partial charge in [0.25, 0.3) is 0 Å². The van der Waals surface area contributed by atoms with Gasteiger partial charge in [0.1, 0.15) is 6.10 Å². The smallest absolute Gasteiger partial charge is 0.161 e. The van der Waals surface area contributed by atoms with Crippen molar-refractivity contribution >= 4 is 5.78 Å². The van der Waals surface area contributed by atoms with E-state index in [1.54, 1.807) is 6.07 Å². The van der Waals surface area contributed by atoms with E-state index in [-0.39, 0.29) is 23.4 Å². The van der Waals surface area contributed by atoms with Crippen LogP contribution < -0.4 is 0 Å². The number of aromatic hydroxyl groups is 2. The van der Waals surface area contributed by atoms with Gasteiger partial charge in [-0.15, -0.1) is 0 Å². The van der Waals surface area contributed by atoms with Crippen LogP contribution in [0.3, 0.4) is 0 Å². The molecule has 1 unspecified atom stereocenters. The van der Waals surface area contributed by atoms with E-state index in [1.807, 2.05) is 0 Å². The molecule has 1 aliphatic carbocycles. The lowest BCUT2D eigenvalue weighted by Crippen LogP contribution is -2.28. The largest absolute Gasteiger partial charge is 0.504 e. The maximum absolute atomic E-state index is 11.5. The monoisotopic (exact) mass is 250 g/mol. The molecule has 0 heterocycles. The number of hydrogen-bond donors (Lipinski definition) is 2. The van der Waals surface area contributed by atoms with E-state index in [0.29, 0.717) is 19.4 Å². The van der Waals surface area contributed by atoms with E-state index < -0.39 is 0 Å². The molecule has 1 fully saturated rings. The summed E-state index contributed by atoms with van der Waals surface area (Å²) >= 11 is 0. The Bertz CT molecular complexity index is 428. The van der Waals surface area contributed by atoms with Crippen LogP contribution >= 0.6 is 0 Å². The fourth-order valence-corrected chi connectivity index (χ4v) is 2.17. The Hall–Kier alpha value is -1.55. The Morgan fingerprint density at radius 1 is 1.22 bits per heavy atom. The van der Waals surface area contributed by atoms with Gasteiger partial charge in [-0.3, -0.25) is 4.79 Å². The van der Waals surface area contributed by atoms with Crippen LogP contribution in [0, 0.1) is 0 Å². The van der Waals surface area contributed by atoms with Gasteiger partial charge < -0.3 is 14.9 Å². The number of rotatable bonds is 4. The number of phenols is 2. The molecule has 1 saturated carbocycles. The molecule has 2 rings (SSSR count). The van der Waals surface area contributed by atoms with Crippen LogP contribution in [0.25, 0.3) is 0 Å². The molecule has 0 aliphatic heterocycles. The average molecular weight is 250 g/mol. The average Bonchev–Trinajstić information content (AvgIpc) is 2.36. The molecule has 0 radical (unpaired) electrons. The zero-order chi connectivity index (χ0) is 13.0. The van der Waals surface area contributed by atoms with Crippen LogP contribution in [-0.4, -0.2) is 28.7 Å². The highest BCUT2D eigenvalue weighted by molar-refractivity contribution is 5.83. The number of ketones is 1. The Kier molecular flexibility index (Phi) is 4.20. The molecule has 1 aromatic carbocycles. The van der Waals surface area contributed by atoms with Crippen LogP contribution in [0.4, 0.5) is 0 Å². The van der Waals surface area contributed by atoms with Gasteiger partial charge in [-0.25, -0.2) is 0 Å². The quantitative estimate of drug-likeness (QED) is 0.804. The van der Waals surface area contributed by atoms with E-state index in [1.165, 1.54) is 12.1 Å². The van der Waals surface area contributed by atoms with E-state index in [9.17, 15) is 15.0 Å². The maximum Gasteiger partial charge on any atom is 0.161 e. The number of hydrogen-bond acceptors (Lipinski definition) is 4. The molecule has 1 aromatic rings. The van der Waals surface area contributed by atoms with Crippen molar-refractivity contribution in [1.29, 1.82) is 0 Å². The number of benzene rings is 1. The Balaban J connectivity index is 1.80. The van der Waals surface area contributed by atoms with Gasteiger partial charge >= 0.3 is 0 Å². The van der Waals surface area contributed by atoms with Gasteiger partial charge in [0.2, 0.25) is 0 Å². The molecule has 0 spiro atoms. The lowest BCUT2D eigenvalue weighted by molar-refractivity contribution is -0.133. The molecular formula is C14H18O4. The SMILES string of the molecule is O=C1CCCCC1OCCc1ccc(O)c(O)c1. The second kappa shape index (κ2) is 5.87. The van der Waals surface area contributed by atoms with Gasteiger partial charge in [0, 0.05) is 6.42 Å². The van der Waals surface area contributed by atoms with Crippen molar-refractivity contribution in [3.8, 4) is 11.5 Å². The highest BCUT2D eigenvalue weighted by Crippen LogP contribution is 2.25. The van der Waals surface area contributed by atoms with Crippen LogP contribution in [-0.2, 0) is 16.0 Å². The number of carbonyl (C=O) groups is 1. The van der Waals surface area contributed by atoms with Gasteiger partial charge in [-0.1, -0.05) is 6.07 Å². The topological polar surface area (TPSA) is 66.8 Å². The summed E-state index contributed by atoms with van der Waals surface area (Å²) in [6.45, 7) is 0.459. The predicted molar refractivity (Wildman–Crippen MR) is 66.7 cm³/mol. The van der Waals surface area contributed by atoms with Gasteiger partial charge in [-0.05, 0) is 43.4 Å². The third kappa shape index (κ3) is 3.23. The molecule has 98 valence electrons. The number of ether oxygens (including phenoxy) is 1. The lowest BCUT2D eigenvalue weighted by Gasteiger charge is -2.20. The molecule has 2 N–H and O–H groups in total. The first kappa shape index (κ1) is 12.9. The van der Waals surface area contributed by atoms with Gasteiger partial charge in [0.15, 0.2) is 17.3 Å². The molecule has 0 saturated heterocycles. The highest BCUT2D eigenvalue weighted by atomic mass is 16.5. The van der Waals surface area contributed by atoms with Gasteiger partial charge in [-0.2, -0.15) is 0 Å². The molecule has 0 bridgehead atoms. The molecule has 1 atom stereocenters. The fraction of sp³-hybridized carbons (Fsp3) is 0.500. The van der Waals surface area contributed by atoms with Crippen molar-refractivity contribution in [3.05, 3.63) is 23.8 Å². The minimum Gasteiger partial charge on any atom is -0.504 e. The first-order valence-corrected chi connectivity index (χ1v) is 6.32. The van der Waals surface area contributed by atoms with Crippen molar-refractivity contribution in [2.45, 2.75) is 38.2 Å². The lowest BCUT2D eigenvalue weighted by atomic mass is 9.96. The van der Waals surface area contributed by atoms with Crippen LogP contribution in [0.15, 0.2) is 18.2 Å². The normalized spacial score (nSPS) is 20.0. The van der Waals surface area contributed by atoms with Crippen molar-refractivity contribution in [1.82, 2.24) is 0 Å². The molecule has 4 nitrogen and oxygen atoms in total. The summed E-state index contributed by atoms with van der Waals surface area (Å²) in [5, 5.41) is 18.5. The molecule has 0 aromatic heterocycles. The van der Waals surface area contributed by atoms with Crippen molar-refractivity contribution in [3.63, 3.8) is 0 Å². The molecule has 1 aliphatic rings. The summed E-state index contributed by atoms with van der Waals surface area (Å²) in [7, 11) is 0. The van der Waals surface area contributed by atoms with Crippen molar-refractivity contribution < 1.29 is 19.7 Å². The highest BCUT2D eigenvalue weighted by Gasteiger charge is 2.22. The summed E-state index contributed by atoms with van der Waals surface area (Å²) in [5.41, 5.74) is 0.883. The third-order valence-electron chi connectivity index (χ3n) is 3.25. The summed E-state index contributed by atoms with van der Waals surface area (Å²) in [4.78, 5) is 11.5. The van der Waals surface area contributed by atoms with E-state index in [2.05, 4.69) is 0 Å². The molecule has 4 heteroatoms. The van der Waals surface area contributed by atoms with E-state index in [4.69, 9.17) is 4.74 Å². The summed E-state index contributed by atoms with van der Waals surface area (Å²) in [6.07, 6.45) is 3.85. The summed E-state index contributed by atoms with van der Waals surface area (Å²) < 4.78 is 5.58. The second-order valence-electron chi connectivity index (χ2n) is 4.64. The summed E-state index contributed by atoms with van der Waals surface area (Å²) in [6, 6.07) is 4.71. The van der Waals surface area contributed by atoms with Gasteiger partial charge in [0.05, 0.1) is 6.61 Å². The van der Waals surface area contributed by atoms with Crippen LogP contribution in [0.2, 0.25) is 0 Å². The molecule has 18 heavy (non-hydrogen) atoms. The predicted octanol–water partition coefficient (Wildman–Crippen LogP) is 2.17. The number of Topliss-reactive ketones (excluding diaryl/α,β-unsaturated/α-hetero) is 1.